The van der Waals surface area contributed by atoms with E-state index < -0.39 is 5.97 Å². The first kappa shape index (κ1) is 9.52. The molecule has 3 heteroatoms. The highest BCUT2D eigenvalue weighted by Gasteiger charge is 2.30. The van der Waals surface area contributed by atoms with E-state index in [9.17, 15) is 4.79 Å². The van der Waals surface area contributed by atoms with Crippen molar-refractivity contribution in [2.24, 2.45) is 5.92 Å². The summed E-state index contributed by atoms with van der Waals surface area (Å²) in [5.74, 6) is -0.985. The molecule has 12 heavy (non-hydrogen) atoms. The molecule has 70 valence electrons. The summed E-state index contributed by atoms with van der Waals surface area (Å²) < 4.78 is 5.35. The Bertz CT molecular complexity index is 150. The van der Waals surface area contributed by atoms with Crippen LogP contribution in [-0.4, -0.2) is 23.8 Å². The van der Waals surface area contributed by atoms with Gasteiger partial charge in [0.05, 0.1) is 12.0 Å². The Balaban J connectivity index is 2.45. The Hall–Kier alpha value is -0.570. The average molecular weight is 172 g/mol. The van der Waals surface area contributed by atoms with Gasteiger partial charge in [-0.3, -0.25) is 4.79 Å². The number of rotatable bonds is 4. The van der Waals surface area contributed by atoms with Crippen LogP contribution >= 0.6 is 0 Å². The number of aliphatic carboxylic acids is 1. The lowest BCUT2D eigenvalue weighted by molar-refractivity contribution is -0.146. The SMILES string of the molecule is CCCC(C(=O)O)C1CCCO1. The van der Waals surface area contributed by atoms with Crippen molar-refractivity contribution in [3.05, 3.63) is 0 Å². The molecule has 0 spiro atoms. The number of carboxylic acid groups (broad SMARTS) is 1. The molecule has 0 aromatic carbocycles. The first-order valence-electron chi connectivity index (χ1n) is 4.60. The summed E-state index contributed by atoms with van der Waals surface area (Å²) >= 11 is 0. The van der Waals surface area contributed by atoms with Gasteiger partial charge in [-0.2, -0.15) is 0 Å². The van der Waals surface area contributed by atoms with E-state index in [2.05, 4.69) is 0 Å². The van der Waals surface area contributed by atoms with Crippen molar-refractivity contribution >= 4 is 5.97 Å². The van der Waals surface area contributed by atoms with Crippen molar-refractivity contribution < 1.29 is 14.6 Å². The van der Waals surface area contributed by atoms with Crippen molar-refractivity contribution in [2.75, 3.05) is 6.61 Å². The monoisotopic (exact) mass is 172 g/mol. The molecule has 0 aliphatic carbocycles. The minimum atomic E-state index is -0.705. The molecule has 0 amide bonds. The Kier molecular flexibility index (Phi) is 3.53. The predicted octanol–water partition coefficient (Wildman–Crippen LogP) is 1.67. The third kappa shape index (κ3) is 2.21. The van der Waals surface area contributed by atoms with Gasteiger partial charge in [0.2, 0.25) is 0 Å². The molecular weight excluding hydrogens is 156 g/mol. The van der Waals surface area contributed by atoms with E-state index in [0.717, 1.165) is 32.3 Å². The Morgan fingerprint density at radius 2 is 2.50 bits per heavy atom. The minimum absolute atomic E-state index is 0.0255. The third-order valence-electron chi connectivity index (χ3n) is 2.33. The highest BCUT2D eigenvalue weighted by Crippen LogP contribution is 2.24. The lowest BCUT2D eigenvalue weighted by Gasteiger charge is -2.17. The van der Waals surface area contributed by atoms with Crippen molar-refractivity contribution in [2.45, 2.75) is 38.7 Å². The van der Waals surface area contributed by atoms with E-state index in [1.807, 2.05) is 6.92 Å². The van der Waals surface area contributed by atoms with Crippen LogP contribution < -0.4 is 0 Å². The van der Waals surface area contributed by atoms with E-state index in [1.54, 1.807) is 0 Å². The Morgan fingerprint density at radius 3 is 2.92 bits per heavy atom. The zero-order chi connectivity index (χ0) is 8.97. The van der Waals surface area contributed by atoms with Crippen molar-refractivity contribution in [1.82, 2.24) is 0 Å². The molecule has 1 saturated heterocycles. The smallest absolute Gasteiger partial charge is 0.309 e. The van der Waals surface area contributed by atoms with Gasteiger partial charge >= 0.3 is 5.97 Å². The summed E-state index contributed by atoms with van der Waals surface area (Å²) in [4.78, 5) is 10.8. The van der Waals surface area contributed by atoms with Crippen LogP contribution in [0.3, 0.4) is 0 Å². The molecule has 0 saturated carbocycles. The van der Waals surface area contributed by atoms with Gasteiger partial charge in [-0.05, 0) is 19.3 Å². The van der Waals surface area contributed by atoms with Crippen LogP contribution in [0.2, 0.25) is 0 Å². The number of hydrogen-bond donors (Lipinski definition) is 1. The van der Waals surface area contributed by atoms with Crippen LogP contribution in [-0.2, 0) is 9.53 Å². The second kappa shape index (κ2) is 4.45. The lowest BCUT2D eigenvalue weighted by atomic mass is 9.95. The molecular formula is C9H16O3. The van der Waals surface area contributed by atoms with Crippen LogP contribution in [0.25, 0.3) is 0 Å². The summed E-state index contributed by atoms with van der Waals surface area (Å²) in [6.45, 7) is 2.74. The molecule has 1 heterocycles. The third-order valence-corrected chi connectivity index (χ3v) is 2.33. The van der Waals surface area contributed by atoms with Gasteiger partial charge in [-0.15, -0.1) is 0 Å². The highest BCUT2D eigenvalue weighted by atomic mass is 16.5. The molecule has 0 bridgehead atoms. The number of ether oxygens (including phenoxy) is 1. The topological polar surface area (TPSA) is 46.5 Å². The summed E-state index contributed by atoms with van der Waals surface area (Å²) in [5.41, 5.74) is 0. The standard InChI is InChI=1S/C9H16O3/c1-2-4-7(9(10)11)8-5-3-6-12-8/h7-8H,2-6H2,1H3,(H,10,11). The fourth-order valence-corrected chi connectivity index (χ4v) is 1.70. The van der Waals surface area contributed by atoms with Crippen molar-refractivity contribution in [3.8, 4) is 0 Å². The average Bonchev–Trinajstić information content (AvgIpc) is 2.51. The maximum absolute atomic E-state index is 10.8. The maximum Gasteiger partial charge on any atom is 0.309 e. The van der Waals surface area contributed by atoms with Gasteiger partial charge in [0.15, 0.2) is 0 Å². The van der Waals surface area contributed by atoms with E-state index in [4.69, 9.17) is 9.84 Å². The molecule has 1 rings (SSSR count). The van der Waals surface area contributed by atoms with Crippen LogP contribution in [0.15, 0.2) is 0 Å². The Morgan fingerprint density at radius 1 is 1.75 bits per heavy atom. The Labute approximate surface area is 72.7 Å². The van der Waals surface area contributed by atoms with Crippen LogP contribution in [0.5, 0.6) is 0 Å². The first-order chi connectivity index (χ1) is 5.75. The predicted molar refractivity (Wildman–Crippen MR) is 45.0 cm³/mol. The fraction of sp³-hybridized carbons (Fsp3) is 0.889. The number of hydrogen-bond acceptors (Lipinski definition) is 2. The largest absolute Gasteiger partial charge is 0.481 e. The van der Waals surface area contributed by atoms with Gasteiger partial charge in [0.25, 0.3) is 0 Å². The molecule has 2 unspecified atom stereocenters. The molecule has 1 N–H and O–H groups in total. The zero-order valence-corrected chi connectivity index (χ0v) is 7.45. The molecule has 0 aromatic rings. The van der Waals surface area contributed by atoms with Gasteiger partial charge < -0.3 is 9.84 Å². The zero-order valence-electron chi connectivity index (χ0n) is 7.45. The van der Waals surface area contributed by atoms with Crippen molar-refractivity contribution in [1.29, 1.82) is 0 Å². The van der Waals surface area contributed by atoms with Gasteiger partial charge in [-0.1, -0.05) is 13.3 Å². The summed E-state index contributed by atoms with van der Waals surface area (Å²) in [6, 6.07) is 0. The molecule has 2 atom stereocenters. The quantitative estimate of drug-likeness (QED) is 0.701. The van der Waals surface area contributed by atoms with Crippen LogP contribution in [0.4, 0.5) is 0 Å². The van der Waals surface area contributed by atoms with Crippen molar-refractivity contribution in [3.63, 3.8) is 0 Å². The number of carboxylic acids is 1. The maximum atomic E-state index is 10.8. The minimum Gasteiger partial charge on any atom is -0.481 e. The molecule has 1 aliphatic rings. The molecule has 0 aromatic heterocycles. The highest BCUT2D eigenvalue weighted by molar-refractivity contribution is 5.70. The lowest BCUT2D eigenvalue weighted by Crippen LogP contribution is -2.27. The second-order valence-electron chi connectivity index (χ2n) is 3.28. The van der Waals surface area contributed by atoms with E-state index in [-0.39, 0.29) is 12.0 Å². The normalized spacial score (nSPS) is 25.6. The molecule has 1 aliphatic heterocycles. The van der Waals surface area contributed by atoms with E-state index in [0.29, 0.717) is 0 Å². The molecule has 0 radical (unpaired) electrons. The summed E-state index contributed by atoms with van der Waals surface area (Å²) in [6.07, 6.45) is 3.55. The molecule has 3 nitrogen and oxygen atoms in total. The first-order valence-corrected chi connectivity index (χ1v) is 4.60. The van der Waals surface area contributed by atoms with Gasteiger partial charge in [-0.25, -0.2) is 0 Å². The van der Waals surface area contributed by atoms with Crippen LogP contribution in [0, 0.1) is 5.92 Å². The van der Waals surface area contributed by atoms with Gasteiger partial charge in [0, 0.05) is 6.61 Å². The summed E-state index contributed by atoms with van der Waals surface area (Å²) in [5, 5.41) is 8.88. The van der Waals surface area contributed by atoms with E-state index >= 15 is 0 Å². The van der Waals surface area contributed by atoms with Crippen LogP contribution in [0.1, 0.15) is 32.6 Å². The fourth-order valence-electron chi connectivity index (χ4n) is 1.70. The number of carbonyl (C=O) groups is 1. The molecule has 1 fully saturated rings. The van der Waals surface area contributed by atoms with Gasteiger partial charge in [0.1, 0.15) is 0 Å². The summed E-state index contributed by atoms with van der Waals surface area (Å²) in [7, 11) is 0. The van der Waals surface area contributed by atoms with E-state index in [1.165, 1.54) is 0 Å². The second-order valence-corrected chi connectivity index (χ2v) is 3.28.